The van der Waals surface area contributed by atoms with Crippen molar-refractivity contribution in [3.63, 3.8) is 0 Å². The molecule has 3 rings (SSSR count). The molecule has 2 amide bonds. The molecule has 168 valence electrons. The van der Waals surface area contributed by atoms with Crippen LogP contribution in [-0.4, -0.2) is 69.3 Å². The molecule has 0 aliphatic carbocycles. The van der Waals surface area contributed by atoms with E-state index in [1.54, 1.807) is 7.11 Å². The van der Waals surface area contributed by atoms with Crippen LogP contribution in [0.15, 0.2) is 54.6 Å². The summed E-state index contributed by atoms with van der Waals surface area (Å²) in [7, 11) is 6.02. The maximum absolute atomic E-state index is 12.7. The molecule has 31 heavy (non-hydrogen) atoms. The van der Waals surface area contributed by atoms with Crippen molar-refractivity contribution in [3.05, 3.63) is 65.7 Å². The fourth-order valence-corrected chi connectivity index (χ4v) is 4.11. The number of methoxy groups -OCH3 is 1. The molecule has 2 aromatic rings. The van der Waals surface area contributed by atoms with Crippen LogP contribution in [0.25, 0.3) is 0 Å². The number of benzene rings is 2. The monoisotopic (exact) mass is 424 g/mol. The molecule has 6 nitrogen and oxygen atoms in total. The minimum atomic E-state index is -0.126. The van der Waals surface area contributed by atoms with Gasteiger partial charge in [0.2, 0.25) is 0 Å². The maximum atomic E-state index is 12.7. The normalized spacial score (nSPS) is 16.1. The highest BCUT2D eigenvalue weighted by Crippen LogP contribution is 2.19. The van der Waals surface area contributed by atoms with E-state index in [2.05, 4.69) is 46.7 Å². The van der Waals surface area contributed by atoms with E-state index in [1.807, 2.05) is 42.5 Å². The third kappa shape index (κ3) is 7.26. The van der Waals surface area contributed by atoms with Gasteiger partial charge in [-0.05, 0) is 69.7 Å². The second-order valence-corrected chi connectivity index (χ2v) is 8.44. The van der Waals surface area contributed by atoms with Crippen LogP contribution in [0.1, 0.15) is 30.0 Å². The Morgan fingerprint density at radius 1 is 1.13 bits per heavy atom. The third-order valence-electron chi connectivity index (χ3n) is 6.15. The molecule has 1 heterocycles. The number of carbonyl (C=O) groups is 1. The Morgan fingerprint density at radius 2 is 1.81 bits per heavy atom. The zero-order valence-corrected chi connectivity index (χ0v) is 19.0. The predicted octanol–water partition coefficient (Wildman–Crippen LogP) is 3.30. The number of hydrogen-bond acceptors (Lipinski definition) is 4. The Hall–Kier alpha value is -2.57. The number of piperidine rings is 1. The van der Waals surface area contributed by atoms with E-state index < -0.39 is 0 Å². The van der Waals surface area contributed by atoms with Gasteiger partial charge in [-0.3, -0.25) is 0 Å². The van der Waals surface area contributed by atoms with Crippen molar-refractivity contribution in [2.24, 2.45) is 0 Å². The molecule has 1 fully saturated rings. The van der Waals surface area contributed by atoms with E-state index >= 15 is 0 Å². The lowest BCUT2D eigenvalue weighted by atomic mass is 10.0. The predicted molar refractivity (Wildman–Crippen MR) is 126 cm³/mol. The third-order valence-corrected chi connectivity index (χ3v) is 6.15. The van der Waals surface area contributed by atoms with E-state index in [9.17, 15) is 4.79 Å². The number of nitrogens with zero attached hydrogens (tertiary/aromatic N) is 2. The lowest BCUT2D eigenvalue weighted by Crippen LogP contribution is -2.47. The fourth-order valence-electron chi connectivity index (χ4n) is 4.11. The zero-order chi connectivity index (χ0) is 22.1. The Labute approximate surface area is 186 Å². The molecule has 0 bridgehead atoms. The van der Waals surface area contributed by atoms with Crippen LogP contribution < -0.4 is 15.4 Å². The largest absolute Gasteiger partial charge is 0.497 e. The van der Waals surface area contributed by atoms with Gasteiger partial charge in [-0.2, -0.15) is 0 Å². The number of likely N-dealkylation sites (N-methyl/N-ethyl adjacent to an activating group) is 1. The number of carbonyl (C=O) groups excluding carboxylic acids is 1. The van der Waals surface area contributed by atoms with E-state index in [1.165, 1.54) is 18.4 Å². The number of nitrogens with one attached hydrogen (secondary N) is 2. The second kappa shape index (κ2) is 11.7. The SMILES string of the molecule is COc1ccc(CCNC(=O)N[C@H](CN(C)C2CCN(C)CC2)c2ccccc2)cc1. The number of ether oxygens (including phenoxy) is 1. The zero-order valence-electron chi connectivity index (χ0n) is 19.0. The Bertz CT molecular complexity index is 789. The summed E-state index contributed by atoms with van der Waals surface area (Å²) in [5.74, 6) is 0.842. The van der Waals surface area contributed by atoms with Crippen molar-refractivity contribution in [1.29, 1.82) is 0 Å². The molecule has 1 saturated heterocycles. The number of likely N-dealkylation sites (tertiary alicyclic amines) is 1. The summed E-state index contributed by atoms with van der Waals surface area (Å²) in [5.41, 5.74) is 2.30. The van der Waals surface area contributed by atoms with Gasteiger partial charge in [0, 0.05) is 19.1 Å². The molecule has 6 heteroatoms. The lowest BCUT2D eigenvalue weighted by Gasteiger charge is -2.37. The van der Waals surface area contributed by atoms with Crippen LogP contribution >= 0.6 is 0 Å². The van der Waals surface area contributed by atoms with Crippen LogP contribution in [0.2, 0.25) is 0 Å². The highest BCUT2D eigenvalue weighted by molar-refractivity contribution is 5.74. The molecule has 1 aliphatic rings. The summed E-state index contributed by atoms with van der Waals surface area (Å²) in [6.45, 7) is 3.64. The van der Waals surface area contributed by atoms with Crippen LogP contribution in [0.4, 0.5) is 4.79 Å². The number of urea groups is 1. The molecular weight excluding hydrogens is 388 g/mol. The van der Waals surface area contributed by atoms with Crippen molar-refractivity contribution in [2.45, 2.75) is 31.3 Å². The smallest absolute Gasteiger partial charge is 0.315 e. The van der Waals surface area contributed by atoms with Gasteiger partial charge < -0.3 is 25.2 Å². The number of amides is 2. The maximum Gasteiger partial charge on any atom is 0.315 e. The minimum absolute atomic E-state index is 0.0492. The van der Waals surface area contributed by atoms with Crippen molar-refractivity contribution >= 4 is 6.03 Å². The van der Waals surface area contributed by atoms with Gasteiger partial charge in [-0.25, -0.2) is 4.79 Å². The van der Waals surface area contributed by atoms with Crippen LogP contribution in [0.5, 0.6) is 5.75 Å². The van der Waals surface area contributed by atoms with Crippen LogP contribution in [0, 0.1) is 0 Å². The van der Waals surface area contributed by atoms with Crippen LogP contribution in [-0.2, 0) is 6.42 Å². The van der Waals surface area contributed by atoms with Gasteiger partial charge >= 0.3 is 6.03 Å². The van der Waals surface area contributed by atoms with Crippen molar-refractivity contribution in [2.75, 3.05) is 47.4 Å². The Balaban J connectivity index is 1.53. The standard InChI is InChI=1S/C25H36N4O2/c1-28-17-14-22(15-18-28)29(2)19-24(21-7-5-4-6-8-21)27-25(30)26-16-13-20-9-11-23(31-3)12-10-20/h4-12,22,24H,13-19H2,1-3H3,(H2,26,27,30)/t24-/m1/s1. The fraction of sp³-hybridized carbons (Fsp3) is 0.480. The van der Waals surface area contributed by atoms with E-state index in [0.717, 1.165) is 37.4 Å². The van der Waals surface area contributed by atoms with Crippen LogP contribution in [0.3, 0.4) is 0 Å². The first kappa shape index (κ1) is 23.1. The molecular formula is C25H36N4O2. The molecule has 1 atom stereocenters. The second-order valence-electron chi connectivity index (χ2n) is 8.44. The first-order valence-electron chi connectivity index (χ1n) is 11.2. The summed E-state index contributed by atoms with van der Waals surface area (Å²) >= 11 is 0. The number of hydrogen-bond donors (Lipinski definition) is 2. The van der Waals surface area contributed by atoms with E-state index in [-0.39, 0.29) is 12.1 Å². The molecule has 2 N–H and O–H groups in total. The molecule has 0 radical (unpaired) electrons. The van der Waals surface area contributed by atoms with Gasteiger partial charge in [0.1, 0.15) is 5.75 Å². The molecule has 0 aromatic heterocycles. The average molecular weight is 425 g/mol. The van der Waals surface area contributed by atoms with Gasteiger partial charge in [0.25, 0.3) is 0 Å². The molecule has 0 spiro atoms. The lowest BCUT2D eigenvalue weighted by molar-refractivity contribution is 0.135. The van der Waals surface area contributed by atoms with Crippen molar-refractivity contribution in [1.82, 2.24) is 20.4 Å². The summed E-state index contributed by atoms with van der Waals surface area (Å²) < 4.78 is 5.19. The Kier molecular flexibility index (Phi) is 8.74. The molecule has 1 aliphatic heterocycles. The topological polar surface area (TPSA) is 56.8 Å². The highest BCUT2D eigenvalue weighted by atomic mass is 16.5. The van der Waals surface area contributed by atoms with Gasteiger partial charge in [-0.15, -0.1) is 0 Å². The summed E-state index contributed by atoms with van der Waals surface area (Å²) in [4.78, 5) is 17.4. The molecule has 2 aromatic carbocycles. The average Bonchev–Trinajstić information content (AvgIpc) is 2.80. The summed E-state index contributed by atoms with van der Waals surface area (Å²) in [5, 5.41) is 6.21. The van der Waals surface area contributed by atoms with Gasteiger partial charge in [0.05, 0.1) is 13.2 Å². The van der Waals surface area contributed by atoms with Crippen molar-refractivity contribution in [3.8, 4) is 5.75 Å². The molecule has 0 unspecified atom stereocenters. The summed E-state index contributed by atoms with van der Waals surface area (Å²) in [6.07, 6.45) is 3.12. The van der Waals surface area contributed by atoms with Crippen molar-refractivity contribution < 1.29 is 9.53 Å². The first-order chi connectivity index (χ1) is 15.0. The summed E-state index contributed by atoms with van der Waals surface area (Å²) in [6, 6.07) is 18.6. The number of rotatable bonds is 9. The highest BCUT2D eigenvalue weighted by Gasteiger charge is 2.24. The van der Waals surface area contributed by atoms with Gasteiger partial charge in [-0.1, -0.05) is 42.5 Å². The van der Waals surface area contributed by atoms with E-state index in [4.69, 9.17) is 4.74 Å². The van der Waals surface area contributed by atoms with Gasteiger partial charge in [0.15, 0.2) is 0 Å². The minimum Gasteiger partial charge on any atom is -0.497 e. The Morgan fingerprint density at radius 3 is 2.45 bits per heavy atom. The first-order valence-corrected chi connectivity index (χ1v) is 11.2. The van der Waals surface area contributed by atoms with E-state index in [0.29, 0.717) is 12.6 Å². The quantitative estimate of drug-likeness (QED) is 0.649. The molecule has 0 saturated carbocycles.